The Labute approximate surface area is 184 Å². The van der Waals surface area contributed by atoms with Crippen LogP contribution in [0, 0.1) is 0 Å². The summed E-state index contributed by atoms with van der Waals surface area (Å²) in [5, 5.41) is 5.66. The van der Waals surface area contributed by atoms with Crippen molar-refractivity contribution in [3.8, 4) is 0 Å². The van der Waals surface area contributed by atoms with Gasteiger partial charge in [0.05, 0.1) is 29.7 Å². The third-order valence-electron chi connectivity index (χ3n) is 6.45. The predicted octanol–water partition coefficient (Wildman–Crippen LogP) is 3.23. The lowest BCUT2D eigenvalue weighted by molar-refractivity contribution is -0.120. The van der Waals surface area contributed by atoms with E-state index in [2.05, 4.69) is 10.3 Å². The summed E-state index contributed by atoms with van der Waals surface area (Å²) in [6.45, 7) is 0.621. The number of pyridine rings is 1. The quantitative estimate of drug-likeness (QED) is 0.498. The van der Waals surface area contributed by atoms with Gasteiger partial charge in [-0.15, -0.1) is 0 Å². The number of imide groups is 1. The fraction of sp³-hybridized carbons (Fsp3) is 0.217. The molecular formula is C23H19N5O2S. The van der Waals surface area contributed by atoms with Gasteiger partial charge in [0.1, 0.15) is 6.04 Å². The summed E-state index contributed by atoms with van der Waals surface area (Å²) in [6.07, 6.45) is 4.16. The fourth-order valence-corrected chi connectivity index (χ4v) is 5.48. The first kappa shape index (κ1) is 18.3. The molecule has 1 N–H and O–H groups in total. The molecule has 1 aromatic heterocycles. The minimum absolute atomic E-state index is 0.0277. The maximum Gasteiger partial charge on any atom is 0.332 e. The van der Waals surface area contributed by atoms with E-state index in [9.17, 15) is 9.59 Å². The summed E-state index contributed by atoms with van der Waals surface area (Å²) in [7, 11) is 0. The van der Waals surface area contributed by atoms with Crippen LogP contribution >= 0.6 is 12.2 Å². The van der Waals surface area contributed by atoms with Crippen LogP contribution in [0.4, 0.5) is 16.2 Å². The number of nitrogens with one attached hydrogen (secondary N) is 1. The average Bonchev–Trinajstić information content (AvgIpc) is 3.46. The Bertz CT molecular complexity index is 1230. The maximum absolute atomic E-state index is 13.5. The summed E-state index contributed by atoms with van der Waals surface area (Å²) >= 11 is 5.63. The third-order valence-corrected chi connectivity index (χ3v) is 6.78. The number of hydrogen-bond donors (Lipinski definition) is 1. The number of piperazine rings is 1. The van der Waals surface area contributed by atoms with Crippen molar-refractivity contribution in [3.63, 3.8) is 0 Å². The third kappa shape index (κ3) is 2.64. The van der Waals surface area contributed by atoms with Crippen LogP contribution in [0.1, 0.15) is 6.42 Å². The van der Waals surface area contributed by atoms with Crippen LogP contribution in [0.2, 0.25) is 0 Å². The highest BCUT2D eigenvalue weighted by Gasteiger charge is 2.62. The monoisotopic (exact) mass is 429 g/mol. The van der Waals surface area contributed by atoms with Gasteiger partial charge in [-0.05, 0) is 42.2 Å². The molecule has 154 valence electrons. The Morgan fingerprint density at radius 2 is 1.90 bits per heavy atom. The minimum Gasteiger partial charge on any atom is -0.341 e. The molecule has 3 atom stereocenters. The van der Waals surface area contributed by atoms with Crippen molar-refractivity contribution in [1.82, 2.24) is 14.8 Å². The zero-order valence-corrected chi connectivity index (χ0v) is 17.3. The number of anilines is 2. The number of nitrogens with zero attached hydrogens (tertiary/aromatic N) is 4. The van der Waals surface area contributed by atoms with Gasteiger partial charge in [-0.25, -0.2) is 9.69 Å². The van der Waals surface area contributed by atoms with Gasteiger partial charge >= 0.3 is 6.03 Å². The van der Waals surface area contributed by atoms with E-state index in [0.717, 1.165) is 22.9 Å². The van der Waals surface area contributed by atoms with Crippen molar-refractivity contribution in [1.29, 1.82) is 0 Å². The molecule has 31 heavy (non-hydrogen) atoms. The molecule has 3 aliphatic heterocycles. The molecule has 1 unspecified atom stereocenters. The lowest BCUT2D eigenvalue weighted by Gasteiger charge is -2.36. The molecule has 3 amide bonds. The molecule has 0 radical (unpaired) electrons. The zero-order chi connectivity index (χ0) is 21.1. The highest BCUT2D eigenvalue weighted by Crippen LogP contribution is 2.43. The van der Waals surface area contributed by atoms with Crippen molar-refractivity contribution in [3.05, 3.63) is 67.0 Å². The number of benzene rings is 2. The molecule has 3 fully saturated rings. The van der Waals surface area contributed by atoms with Crippen molar-refractivity contribution in [2.24, 2.45) is 0 Å². The number of carbonyl (C=O) groups excluding carboxylic acids is 2. The molecule has 8 heteroatoms. The summed E-state index contributed by atoms with van der Waals surface area (Å²) in [4.78, 5) is 36.1. The Kier molecular flexibility index (Phi) is 3.97. The lowest BCUT2D eigenvalue weighted by Crippen LogP contribution is -2.55. The normalized spacial score (nSPS) is 24.3. The molecule has 2 aromatic carbocycles. The van der Waals surface area contributed by atoms with E-state index in [0.29, 0.717) is 17.3 Å². The van der Waals surface area contributed by atoms with Crippen LogP contribution in [0.3, 0.4) is 0 Å². The number of amides is 3. The van der Waals surface area contributed by atoms with Crippen LogP contribution in [0.25, 0.3) is 10.8 Å². The first-order chi connectivity index (χ1) is 15.1. The molecule has 2 bridgehead atoms. The zero-order valence-electron chi connectivity index (χ0n) is 16.5. The van der Waals surface area contributed by atoms with Gasteiger partial charge in [0.25, 0.3) is 5.91 Å². The SMILES string of the molecule is O=C1[C@@H]2C3C[C@H](CN3C(=S)Nc3cccnc3)N2C(=O)N1c1cccc2ccccc12. The average molecular weight is 430 g/mol. The molecule has 0 aliphatic carbocycles. The number of rotatable bonds is 2. The van der Waals surface area contributed by atoms with Gasteiger partial charge in [0.2, 0.25) is 0 Å². The van der Waals surface area contributed by atoms with E-state index in [-0.39, 0.29) is 24.0 Å². The van der Waals surface area contributed by atoms with Gasteiger partial charge in [0, 0.05) is 18.1 Å². The molecule has 3 aliphatic rings. The Morgan fingerprint density at radius 3 is 2.74 bits per heavy atom. The largest absolute Gasteiger partial charge is 0.341 e. The molecule has 0 saturated carbocycles. The van der Waals surface area contributed by atoms with E-state index < -0.39 is 6.04 Å². The number of urea groups is 1. The van der Waals surface area contributed by atoms with E-state index in [1.54, 1.807) is 17.3 Å². The van der Waals surface area contributed by atoms with E-state index in [1.807, 2.05) is 59.5 Å². The number of thiocarbonyl (C=S) groups is 1. The topological polar surface area (TPSA) is 68.8 Å². The molecular weight excluding hydrogens is 410 g/mol. The number of fused-ring (bicyclic) bond motifs is 6. The maximum atomic E-state index is 13.5. The van der Waals surface area contributed by atoms with Crippen molar-refractivity contribution in [2.75, 3.05) is 16.8 Å². The molecule has 3 saturated heterocycles. The van der Waals surface area contributed by atoms with Crippen LogP contribution in [-0.4, -0.2) is 56.5 Å². The second-order valence-electron chi connectivity index (χ2n) is 8.09. The summed E-state index contributed by atoms with van der Waals surface area (Å²) in [5.41, 5.74) is 1.45. The first-order valence-electron chi connectivity index (χ1n) is 10.2. The molecule has 3 aromatic rings. The van der Waals surface area contributed by atoms with Gasteiger partial charge in [-0.2, -0.15) is 0 Å². The highest BCUT2D eigenvalue weighted by molar-refractivity contribution is 7.80. The van der Waals surface area contributed by atoms with E-state index >= 15 is 0 Å². The molecule has 7 nitrogen and oxygen atoms in total. The second kappa shape index (κ2) is 6.75. The van der Waals surface area contributed by atoms with Gasteiger partial charge in [0.15, 0.2) is 5.11 Å². The summed E-state index contributed by atoms with van der Waals surface area (Å²) in [5.74, 6) is -0.178. The second-order valence-corrected chi connectivity index (χ2v) is 8.47. The van der Waals surface area contributed by atoms with Crippen molar-refractivity contribution in [2.45, 2.75) is 24.5 Å². The van der Waals surface area contributed by atoms with Crippen LogP contribution in [-0.2, 0) is 4.79 Å². The van der Waals surface area contributed by atoms with Crippen LogP contribution in [0.15, 0.2) is 67.0 Å². The number of likely N-dealkylation sites (tertiary alicyclic amines) is 1. The predicted molar refractivity (Wildman–Crippen MR) is 122 cm³/mol. The van der Waals surface area contributed by atoms with Gasteiger partial charge in [-0.1, -0.05) is 36.4 Å². The van der Waals surface area contributed by atoms with E-state index in [1.165, 1.54) is 4.90 Å². The van der Waals surface area contributed by atoms with Crippen molar-refractivity contribution < 1.29 is 9.59 Å². The van der Waals surface area contributed by atoms with Gasteiger partial charge < -0.3 is 15.1 Å². The first-order valence-corrected chi connectivity index (χ1v) is 10.7. The van der Waals surface area contributed by atoms with Crippen molar-refractivity contribution >= 4 is 51.4 Å². The molecule has 4 heterocycles. The Hall–Kier alpha value is -3.52. The number of aromatic nitrogens is 1. The minimum atomic E-state index is -0.515. The highest BCUT2D eigenvalue weighted by atomic mass is 32.1. The van der Waals surface area contributed by atoms with Crippen LogP contribution in [0.5, 0.6) is 0 Å². The standard InChI is InChI=1S/C23H19N5O2S/c29-21-20-19-11-16(13-26(19)22(31)25-15-7-4-10-24-12-15)27(20)23(30)28(21)18-9-3-6-14-5-1-2-8-17(14)18/h1-10,12,16,19-20H,11,13H2,(H,25,31)/t16-,19?,20+/m1/s1. The molecule has 6 rings (SSSR count). The lowest BCUT2D eigenvalue weighted by atomic mass is 10.1. The fourth-order valence-electron chi connectivity index (χ4n) is 5.15. The Morgan fingerprint density at radius 1 is 1.06 bits per heavy atom. The Balaban J connectivity index is 1.31. The molecule has 0 spiro atoms. The summed E-state index contributed by atoms with van der Waals surface area (Å²) < 4.78 is 0. The number of hydrogen-bond acceptors (Lipinski definition) is 4. The number of carbonyl (C=O) groups is 2. The van der Waals surface area contributed by atoms with E-state index in [4.69, 9.17) is 12.2 Å². The van der Waals surface area contributed by atoms with Gasteiger partial charge in [-0.3, -0.25) is 9.78 Å². The summed E-state index contributed by atoms with van der Waals surface area (Å²) in [6, 6.07) is 16.3. The smallest absolute Gasteiger partial charge is 0.332 e. The van der Waals surface area contributed by atoms with Crippen LogP contribution < -0.4 is 10.2 Å².